The van der Waals surface area contributed by atoms with E-state index in [1.165, 1.54) is 23.0 Å². The Labute approximate surface area is 200 Å². The predicted octanol–water partition coefficient (Wildman–Crippen LogP) is 0.240. The van der Waals surface area contributed by atoms with Gasteiger partial charge in [0.15, 0.2) is 5.82 Å². The monoisotopic (exact) mass is 522 g/mol. The van der Waals surface area contributed by atoms with Crippen LogP contribution >= 0.6 is 15.9 Å². The summed E-state index contributed by atoms with van der Waals surface area (Å²) in [5.41, 5.74) is -0.244. The molecular formula is C20H28BBrN6O5. The van der Waals surface area contributed by atoms with Crippen LogP contribution < -0.4 is 21.4 Å². The first-order valence-corrected chi connectivity index (χ1v) is 11.2. The van der Waals surface area contributed by atoms with Gasteiger partial charge in [0, 0.05) is 17.1 Å². The molecule has 0 bridgehead atoms. The van der Waals surface area contributed by atoms with Gasteiger partial charge in [-0.3, -0.25) is 14.4 Å². The Hall–Kier alpha value is -2.77. The Balaban J connectivity index is 1.92. The van der Waals surface area contributed by atoms with Gasteiger partial charge in [-0.15, -0.1) is 5.10 Å². The van der Waals surface area contributed by atoms with Gasteiger partial charge in [-0.1, -0.05) is 47.1 Å². The van der Waals surface area contributed by atoms with E-state index in [1.54, 1.807) is 26.0 Å². The number of carbonyl (C=O) groups is 3. The van der Waals surface area contributed by atoms with E-state index in [2.05, 4.69) is 42.2 Å². The summed E-state index contributed by atoms with van der Waals surface area (Å²) in [6.07, 6.45) is 1.67. The summed E-state index contributed by atoms with van der Waals surface area (Å²) in [7, 11) is -1.64. The van der Waals surface area contributed by atoms with Gasteiger partial charge in [-0.2, -0.15) is 0 Å². The molecule has 0 aliphatic heterocycles. The first-order chi connectivity index (χ1) is 15.4. The molecule has 2 aromatic rings. The van der Waals surface area contributed by atoms with Crippen LogP contribution in [0.4, 0.5) is 11.5 Å². The third-order valence-corrected chi connectivity index (χ3v) is 5.31. The van der Waals surface area contributed by atoms with E-state index in [0.29, 0.717) is 5.69 Å². The van der Waals surface area contributed by atoms with Crippen LogP contribution in [-0.4, -0.2) is 60.8 Å². The van der Waals surface area contributed by atoms with E-state index < -0.39 is 23.3 Å². The first kappa shape index (κ1) is 26.5. The second-order valence-electron chi connectivity index (χ2n) is 8.52. The maximum absolute atomic E-state index is 12.7. The molecule has 1 aromatic heterocycles. The van der Waals surface area contributed by atoms with Crippen molar-refractivity contribution in [3.05, 3.63) is 30.5 Å². The molecule has 0 aliphatic rings. The lowest BCUT2D eigenvalue weighted by Gasteiger charge is -2.25. The van der Waals surface area contributed by atoms with Gasteiger partial charge in [-0.05, 0) is 37.9 Å². The van der Waals surface area contributed by atoms with Gasteiger partial charge in [0.25, 0.3) is 0 Å². The minimum absolute atomic E-state index is 0.00746. The third kappa shape index (κ3) is 8.26. The minimum Gasteiger partial charge on any atom is -0.423 e. The maximum atomic E-state index is 12.7. The number of carbonyl (C=O) groups excluding carboxylic acids is 3. The average molecular weight is 523 g/mol. The number of aromatic nitrogens is 3. The molecule has 0 saturated heterocycles. The van der Waals surface area contributed by atoms with Crippen LogP contribution in [0.25, 0.3) is 0 Å². The van der Waals surface area contributed by atoms with E-state index in [0.717, 1.165) is 0 Å². The second kappa shape index (κ2) is 11.4. The molecule has 33 heavy (non-hydrogen) atoms. The molecule has 1 atom stereocenters. The number of rotatable bonds is 10. The van der Waals surface area contributed by atoms with Crippen LogP contribution in [-0.2, 0) is 20.9 Å². The molecule has 0 spiro atoms. The average Bonchev–Trinajstić information content (AvgIpc) is 3.13. The molecular weight excluding hydrogens is 495 g/mol. The lowest BCUT2D eigenvalue weighted by atomic mass is 9.80. The molecule has 3 amide bonds. The maximum Gasteiger partial charge on any atom is 0.488 e. The van der Waals surface area contributed by atoms with E-state index in [-0.39, 0.29) is 42.1 Å². The topological polar surface area (TPSA) is 158 Å². The summed E-state index contributed by atoms with van der Waals surface area (Å²) in [5, 5.41) is 34.2. The lowest BCUT2D eigenvalue weighted by molar-refractivity contribution is -0.125. The van der Waals surface area contributed by atoms with Crippen LogP contribution in [0, 0.1) is 5.41 Å². The number of benzene rings is 1. The molecule has 0 aliphatic carbocycles. The van der Waals surface area contributed by atoms with Crippen LogP contribution in [0.15, 0.2) is 30.5 Å². The quantitative estimate of drug-likeness (QED) is 0.221. The normalized spacial score (nSPS) is 12.2. The lowest BCUT2D eigenvalue weighted by Crippen LogP contribution is -2.40. The molecule has 178 valence electrons. The summed E-state index contributed by atoms with van der Waals surface area (Å²) in [4.78, 5) is 36.6. The van der Waals surface area contributed by atoms with Crippen molar-refractivity contribution in [2.24, 2.45) is 5.41 Å². The summed E-state index contributed by atoms with van der Waals surface area (Å²) in [5.74, 6) is -0.785. The van der Waals surface area contributed by atoms with Gasteiger partial charge in [-0.25, -0.2) is 4.68 Å². The number of hydrogen-bond donors (Lipinski definition) is 5. The highest BCUT2D eigenvalue weighted by Gasteiger charge is 2.33. The van der Waals surface area contributed by atoms with E-state index >= 15 is 0 Å². The van der Waals surface area contributed by atoms with Gasteiger partial charge in [0.1, 0.15) is 6.54 Å². The number of hydrogen-bond acceptors (Lipinski definition) is 7. The number of nitrogens with one attached hydrogen (secondary N) is 3. The van der Waals surface area contributed by atoms with E-state index in [9.17, 15) is 24.4 Å². The summed E-state index contributed by atoms with van der Waals surface area (Å²) in [6, 6.07) is 6.14. The van der Waals surface area contributed by atoms with E-state index in [4.69, 9.17) is 0 Å². The number of alkyl halides is 1. The third-order valence-electron chi connectivity index (χ3n) is 4.57. The van der Waals surface area contributed by atoms with Crippen LogP contribution in [0.2, 0.25) is 0 Å². The predicted molar refractivity (Wildman–Crippen MR) is 128 cm³/mol. The molecule has 1 aromatic carbocycles. The highest BCUT2D eigenvalue weighted by atomic mass is 79.9. The molecule has 5 N–H and O–H groups in total. The summed E-state index contributed by atoms with van der Waals surface area (Å²) in [6.45, 7) is 6.98. The van der Waals surface area contributed by atoms with E-state index in [1.807, 2.05) is 13.8 Å². The van der Waals surface area contributed by atoms with Crippen molar-refractivity contribution in [2.75, 3.05) is 10.6 Å². The van der Waals surface area contributed by atoms with Crippen molar-refractivity contribution >= 4 is 57.7 Å². The number of halogens is 1. The van der Waals surface area contributed by atoms with Crippen molar-refractivity contribution < 1.29 is 24.4 Å². The Bertz CT molecular complexity index is 997. The molecule has 1 unspecified atom stereocenters. The SMILES string of the molecule is CC(C)NC(=O)C(Br)CC(C)(C)C(=O)Nc1cn(CC(=O)Nc2cccc(B(O)O)c2)nn1. The van der Waals surface area contributed by atoms with Crippen molar-refractivity contribution in [1.29, 1.82) is 0 Å². The van der Waals surface area contributed by atoms with Crippen LogP contribution in [0.3, 0.4) is 0 Å². The second-order valence-corrected chi connectivity index (χ2v) is 9.63. The molecule has 0 saturated carbocycles. The minimum atomic E-state index is -1.64. The van der Waals surface area contributed by atoms with Gasteiger partial charge < -0.3 is 26.0 Å². The summed E-state index contributed by atoms with van der Waals surface area (Å²) >= 11 is 3.34. The highest BCUT2D eigenvalue weighted by Crippen LogP contribution is 2.27. The van der Waals surface area contributed by atoms with Crippen LogP contribution in [0.5, 0.6) is 0 Å². The van der Waals surface area contributed by atoms with Crippen LogP contribution in [0.1, 0.15) is 34.1 Å². The van der Waals surface area contributed by atoms with Gasteiger partial charge >= 0.3 is 7.12 Å². The fourth-order valence-corrected chi connectivity index (χ4v) is 3.79. The van der Waals surface area contributed by atoms with Gasteiger partial charge in [0.05, 0.1) is 11.0 Å². The van der Waals surface area contributed by atoms with Gasteiger partial charge in [0.2, 0.25) is 17.7 Å². The molecule has 11 nitrogen and oxygen atoms in total. The van der Waals surface area contributed by atoms with Crippen molar-refractivity contribution in [1.82, 2.24) is 20.3 Å². The van der Waals surface area contributed by atoms with Crippen molar-refractivity contribution in [3.63, 3.8) is 0 Å². The zero-order valence-electron chi connectivity index (χ0n) is 18.9. The molecule has 13 heteroatoms. The molecule has 2 rings (SSSR count). The fraction of sp³-hybridized carbons (Fsp3) is 0.450. The van der Waals surface area contributed by atoms with Crippen molar-refractivity contribution in [2.45, 2.75) is 51.5 Å². The Morgan fingerprint density at radius 3 is 2.55 bits per heavy atom. The first-order valence-electron chi connectivity index (χ1n) is 10.3. The fourth-order valence-electron chi connectivity index (χ4n) is 2.85. The Morgan fingerprint density at radius 1 is 1.21 bits per heavy atom. The zero-order chi connectivity index (χ0) is 24.8. The standard InChI is InChI=1S/C20H28BBrN6O5/c1-12(2)23-18(30)15(22)9-20(3,4)19(31)25-16-10-28(27-26-16)11-17(29)24-14-7-5-6-13(8-14)21(32)33/h5-8,10,12,15,32-33H,9,11H2,1-4H3,(H,23,30)(H,24,29)(H,25,31). The molecule has 0 fully saturated rings. The Morgan fingerprint density at radius 2 is 1.91 bits per heavy atom. The number of anilines is 2. The molecule has 1 heterocycles. The number of nitrogens with zero attached hydrogens (tertiary/aromatic N) is 3. The van der Waals surface area contributed by atoms with Crippen molar-refractivity contribution in [3.8, 4) is 0 Å². The zero-order valence-corrected chi connectivity index (χ0v) is 20.5. The highest BCUT2D eigenvalue weighted by molar-refractivity contribution is 9.10. The smallest absolute Gasteiger partial charge is 0.423 e. The summed E-state index contributed by atoms with van der Waals surface area (Å²) < 4.78 is 1.26. The Kier molecular flexibility index (Phi) is 9.14. The largest absolute Gasteiger partial charge is 0.488 e. The number of amides is 3. The molecule has 0 radical (unpaired) electrons.